The zero-order chi connectivity index (χ0) is 11.7. The summed E-state index contributed by atoms with van der Waals surface area (Å²) in [5.41, 5.74) is 6.12. The average Bonchev–Trinajstić information content (AvgIpc) is 2.60. The van der Waals surface area contributed by atoms with Crippen LogP contribution in [0.2, 0.25) is 0 Å². The molecule has 0 radical (unpaired) electrons. The fourth-order valence-electron chi connectivity index (χ4n) is 1.72. The fraction of sp³-hybridized carbons (Fsp3) is 0.250. The summed E-state index contributed by atoms with van der Waals surface area (Å²) in [4.78, 5) is 11.0. The number of benzene rings is 1. The first-order valence-electron chi connectivity index (χ1n) is 5.11. The van der Waals surface area contributed by atoms with E-state index in [0.717, 1.165) is 10.9 Å². The van der Waals surface area contributed by atoms with E-state index in [9.17, 15) is 9.18 Å². The maximum absolute atomic E-state index is 13.0. The minimum Gasteiger partial charge on any atom is -0.369 e. The first kappa shape index (κ1) is 10.7. The Bertz CT molecular complexity index is 533. The van der Waals surface area contributed by atoms with Gasteiger partial charge < -0.3 is 10.3 Å². The number of nitrogens with zero attached hydrogens (tertiary/aromatic N) is 1. The van der Waals surface area contributed by atoms with Gasteiger partial charge in [0.15, 0.2) is 0 Å². The van der Waals surface area contributed by atoms with Gasteiger partial charge in [0.2, 0.25) is 5.91 Å². The van der Waals surface area contributed by atoms with Crippen LogP contribution >= 0.6 is 0 Å². The van der Waals surface area contributed by atoms with E-state index in [-0.39, 0.29) is 17.6 Å². The molecule has 1 heterocycles. The van der Waals surface area contributed by atoms with Crippen molar-refractivity contribution in [3.05, 3.63) is 36.3 Å². The summed E-state index contributed by atoms with van der Waals surface area (Å²) in [5, 5.41) is 0.830. The number of primary amides is 1. The molecule has 0 saturated heterocycles. The summed E-state index contributed by atoms with van der Waals surface area (Å²) in [7, 11) is 0. The van der Waals surface area contributed by atoms with E-state index >= 15 is 0 Å². The highest BCUT2D eigenvalue weighted by molar-refractivity contribution is 5.81. The van der Waals surface area contributed by atoms with Crippen molar-refractivity contribution in [3.8, 4) is 0 Å². The van der Waals surface area contributed by atoms with Gasteiger partial charge >= 0.3 is 0 Å². The summed E-state index contributed by atoms with van der Waals surface area (Å²) in [6, 6.07) is 6.42. The molecule has 16 heavy (non-hydrogen) atoms. The van der Waals surface area contributed by atoms with E-state index in [1.54, 1.807) is 13.0 Å². The smallest absolute Gasteiger partial charge is 0.222 e. The van der Waals surface area contributed by atoms with Crippen LogP contribution < -0.4 is 5.73 Å². The van der Waals surface area contributed by atoms with E-state index < -0.39 is 0 Å². The van der Waals surface area contributed by atoms with Crippen molar-refractivity contribution in [2.45, 2.75) is 13.5 Å². The summed E-state index contributed by atoms with van der Waals surface area (Å²) < 4.78 is 14.9. The van der Waals surface area contributed by atoms with Gasteiger partial charge in [-0.15, -0.1) is 0 Å². The maximum Gasteiger partial charge on any atom is 0.222 e. The molecular weight excluding hydrogens is 207 g/mol. The topological polar surface area (TPSA) is 48.0 Å². The highest BCUT2D eigenvalue weighted by atomic mass is 19.1. The van der Waals surface area contributed by atoms with E-state index in [1.807, 2.05) is 16.8 Å². The van der Waals surface area contributed by atoms with Crippen LogP contribution in [-0.2, 0) is 11.3 Å². The van der Waals surface area contributed by atoms with Crippen molar-refractivity contribution < 1.29 is 9.18 Å². The van der Waals surface area contributed by atoms with E-state index in [2.05, 4.69) is 0 Å². The third-order valence-corrected chi connectivity index (χ3v) is 2.69. The van der Waals surface area contributed by atoms with E-state index in [1.165, 1.54) is 12.1 Å². The van der Waals surface area contributed by atoms with E-state index in [0.29, 0.717) is 6.54 Å². The highest BCUT2D eigenvalue weighted by Crippen LogP contribution is 2.18. The minimum atomic E-state index is -0.330. The molecule has 1 atom stereocenters. The van der Waals surface area contributed by atoms with Crippen molar-refractivity contribution in [2.24, 2.45) is 11.7 Å². The Labute approximate surface area is 92.7 Å². The van der Waals surface area contributed by atoms with Crippen molar-refractivity contribution in [1.82, 2.24) is 4.57 Å². The molecule has 0 aliphatic carbocycles. The number of nitrogens with two attached hydrogens (primary N) is 1. The predicted octanol–water partition coefficient (Wildman–Crippen LogP) is 1.90. The molecule has 2 rings (SSSR count). The lowest BCUT2D eigenvalue weighted by molar-refractivity contribution is -0.121. The van der Waals surface area contributed by atoms with Gasteiger partial charge in [0.25, 0.3) is 0 Å². The molecule has 1 aromatic heterocycles. The Balaban J connectivity index is 2.35. The van der Waals surface area contributed by atoms with Gasteiger partial charge in [-0.05, 0) is 24.3 Å². The van der Waals surface area contributed by atoms with Crippen molar-refractivity contribution in [1.29, 1.82) is 0 Å². The Hall–Kier alpha value is -1.84. The number of fused-ring (bicyclic) bond motifs is 1. The van der Waals surface area contributed by atoms with Crippen molar-refractivity contribution >= 4 is 16.8 Å². The summed E-state index contributed by atoms with van der Waals surface area (Å²) in [6.07, 6.45) is 1.84. The van der Waals surface area contributed by atoms with Crippen LogP contribution in [0.4, 0.5) is 4.39 Å². The Morgan fingerprint density at radius 1 is 1.50 bits per heavy atom. The molecule has 1 amide bonds. The summed E-state index contributed by atoms with van der Waals surface area (Å²) >= 11 is 0. The van der Waals surface area contributed by atoms with Crippen LogP contribution in [0.15, 0.2) is 30.5 Å². The van der Waals surface area contributed by atoms with Gasteiger partial charge in [-0.2, -0.15) is 0 Å². The standard InChI is InChI=1S/C12H13FN2O/c1-8(12(14)16)7-15-5-4-9-6-10(13)2-3-11(9)15/h2-6,8H,7H2,1H3,(H2,14,16). The third kappa shape index (κ3) is 1.91. The zero-order valence-electron chi connectivity index (χ0n) is 8.98. The van der Waals surface area contributed by atoms with Gasteiger partial charge in [0.05, 0.1) is 5.92 Å². The number of hydrogen-bond donors (Lipinski definition) is 1. The largest absolute Gasteiger partial charge is 0.369 e. The van der Waals surface area contributed by atoms with Crippen LogP contribution in [0.3, 0.4) is 0 Å². The molecule has 0 aliphatic rings. The Kier molecular flexibility index (Phi) is 2.64. The Morgan fingerprint density at radius 3 is 2.94 bits per heavy atom. The van der Waals surface area contributed by atoms with Gasteiger partial charge in [-0.25, -0.2) is 4.39 Å². The lowest BCUT2D eigenvalue weighted by Crippen LogP contribution is -2.24. The molecule has 0 aliphatic heterocycles. The molecule has 0 bridgehead atoms. The highest BCUT2D eigenvalue weighted by Gasteiger charge is 2.10. The van der Waals surface area contributed by atoms with Crippen LogP contribution in [0.5, 0.6) is 0 Å². The quantitative estimate of drug-likeness (QED) is 0.843. The number of rotatable bonds is 3. The molecule has 2 N–H and O–H groups in total. The Morgan fingerprint density at radius 2 is 2.25 bits per heavy atom. The zero-order valence-corrected chi connectivity index (χ0v) is 8.98. The number of carbonyl (C=O) groups is 1. The number of aromatic nitrogens is 1. The minimum absolute atomic E-state index is 0.236. The predicted molar refractivity (Wildman–Crippen MR) is 60.3 cm³/mol. The molecule has 0 saturated carbocycles. The lowest BCUT2D eigenvalue weighted by atomic mass is 10.1. The maximum atomic E-state index is 13.0. The monoisotopic (exact) mass is 220 g/mol. The molecule has 2 aromatic rings. The number of amides is 1. The van der Waals surface area contributed by atoms with E-state index in [4.69, 9.17) is 5.73 Å². The number of carbonyl (C=O) groups excluding carboxylic acids is 1. The first-order valence-corrected chi connectivity index (χ1v) is 5.11. The van der Waals surface area contributed by atoms with Gasteiger partial charge in [0.1, 0.15) is 5.82 Å². The number of hydrogen-bond acceptors (Lipinski definition) is 1. The second-order valence-electron chi connectivity index (χ2n) is 3.97. The summed E-state index contributed by atoms with van der Waals surface area (Å²) in [5.74, 6) is -0.821. The normalized spacial score (nSPS) is 12.9. The molecule has 1 unspecified atom stereocenters. The van der Waals surface area contributed by atoms with Crippen molar-refractivity contribution in [3.63, 3.8) is 0 Å². The average molecular weight is 220 g/mol. The fourth-order valence-corrected chi connectivity index (χ4v) is 1.72. The molecule has 3 nitrogen and oxygen atoms in total. The second-order valence-corrected chi connectivity index (χ2v) is 3.97. The molecule has 0 fully saturated rings. The summed E-state index contributed by atoms with van der Waals surface area (Å²) in [6.45, 7) is 2.29. The van der Waals surface area contributed by atoms with Crippen LogP contribution in [0.25, 0.3) is 10.9 Å². The van der Waals surface area contributed by atoms with Crippen molar-refractivity contribution in [2.75, 3.05) is 0 Å². The van der Waals surface area contributed by atoms with Gasteiger partial charge in [0, 0.05) is 23.6 Å². The second kappa shape index (κ2) is 3.96. The molecule has 84 valence electrons. The SMILES string of the molecule is CC(Cn1ccc2cc(F)ccc21)C(N)=O. The third-order valence-electron chi connectivity index (χ3n) is 2.69. The van der Waals surface area contributed by atoms with Crippen LogP contribution in [0, 0.1) is 11.7 Å². The first-order chi connectivity index (χ1) is 7.58. The van der Waals surface area contributed by atoms with Crippen LogP contribution in [-0.4, -0.2) is 10.5 Å². The van der Waals surface area contributed by atoms with Gasteiger partial charge in [-0.3, -0.25) is 4.79 Å². The molecule has 1 aromatic carbocycles. The van der Waals surface area contributed by atoms with Gasteiger partial charge in [-0.1, -0.05) is 6.92 Å². The molecule has 0 spiro atoms. The molecular formula is C12H13FN2O. The lowest BCUT2D eigenvalue weighted by Gasteiger charge is -2.09. The van der Waals surface area contributed by atoms with Crippen LogP contribution in [0.1, 0.15) is 6.92 Å². The molecule has 4 heteroatoms. The number of halogens is 1.